The number of nitrogens with one attached hydrogen (secondary N) is 1. The normalized spacial score (nSPS) is 25.9. The molecule has 4 heteroatoms. The number of carbonyl (C=O) groups is 1. The maximum Gasteiger partial charge on any atom is 0.289 e. The Morgan fingerprint density at radius 2 is 2.11 bits per heavy atom. The predicted molar refractivity (Wildman–Crippen MR) is 72.4 cm³/mol. The Balaban J connectivity index is 2.36. The first-order valence-corrected chi connectivity index (χ1v) is 6.91. The van der Waals surface area contributed by atoms with Gasteiger partial charge in [-0.15, -0.1) is 0 Å². The lowest BCUT2D eigenvalue weighted by Gasteiger charge is -2.36. The summed E-state index contributed by atoms with van der Waals surface area (Å²) >= 11 is 0. The molecule has 2 rings (SSSR count). The van der Waals surface area contributed by atoms with E-state index in [-0.39, 0.29) is 17.4 Å². The van der Waals surface area contributed by atoms with Crippen molar-refractivity contribution in [1.82, 2.24) is 0 Å². The minimum absolute atomic E-state index is 0.0148. The van der Waals surface area contributed by atoms with E-state index in [1.165, 1.54) is 0 Å². The minimum Gasteiger partial charge on any atom is -0.489 e. The fourth-order valence-electron chi connectivity index (χ4n) is 2.65. The molecule has 0 unspecified atom stereocenters. The van der Waals surface area contributed by atoms with Crippen LogP contribution in [0, 0.1) is 5.41 Å². The van der Waals surface area contributed by atoms with Gasteiger partial charge in [0.1, 0.15) is 5.76 Å². The van der Waals surface area contributed by atoms with Crippen molar-refractivity contribution < 1.29 is 19.2 Å². The Hall–Kier alpha value is -1.29. The van der Waals surface area contributed by atoms with E-state index in [9.17, 15) is 4.79 Å². The highest BCUT2D eigenvalue weighted by Crippen LogP contribution is 2.40. The molecule has 1 aliphatic heterocycles. The van der Waals surface area contributed by atoms with E-state index >= 15 is 0 Å². The number of carbonyl (C=O) groups excluding carboxylic acids is 1. The third kappa shape index (κ3) is 2.84. The average molecular weight is 266 g/mol. The molecule has 1 aliphatic carbocycles. The van der Waals surface area contributed by atoms with Gasteiger partial charge in [0.05, 0.1) is 26.3 Å². The van der Waals surface area contributed by atoms with Crippen molar-refractivity contribution in [3.05, 3.63) is 23.2 Å². The van der Waals surface area contributed by atoms with E-state index in [4.69, 9.17) is 9.47 Å². The maximum absolute atomic E-state index is 12.2. The quantitative estimate of drug-likeness (QED) is 0.830. The van der Waals surface area contributed by atoms with Crippen molar-refractivity contribution in [2.45, 2.75) is 39.8 Å². The molecule has 0 bridgehead atoms. The number of Topliss-reactive ketones (excluding diaryl/α,β-unsaturated/α-hetero) is 1. The highest BCUT2D eigenvalue weighted by atomic mass is 16.6. The SMILES string of the molecule is CCOC1=CC2=C(CC(C)(C)CC2=O)O[C@@H]1[NH+](C)C. The lowest BCUT2D eigenvalue weighted by Crippen LogP contribution is -3.10. The zero-order chi connectivity index (χ0) is 14.2. The van der Waals surface area contributed by atoms with Crippen LogP contribution < -0.4 is 4.90 Å². The monoisotopic (exact) mass is 266 g/mol. The van der Waals surface area contributed by atoms with Gasteiger partial charge in [0.15, 0.2) is 11.5 Å². The highest BCUT2D eigenvalue weighted by Gasteiger charge is 2.39. The van der Waals surface area contributed by atoms with Gasteiger partial charge < -0.3 is 9.47 Å². The second-order valence-electron chi connectivity index (χ2n) is 6.33. The number of likely N-dealkylation sites (N-methyl/N-ethyl adjacent to an activating group) is 1. The van der Waals surface area contributed by atoms with Crippen molar-refractivity contribution in [3.8, 4) is 0 Å². The zero-order valence-corrected chi connectivity index (χ0v) is 12.5. The fraction of sp³-hybridized carbons (Fsp3) is 0.667. The average Bonchev–Trinajstić information content (AvgIpc) is 2.28. The summed E-state index contributed by atoms with van der Waals surface area (Å²) < 4.78 is 11.7. The second-order valence-corrected chi connectivity index (χ2v) is 6.33. The Morgan fingerprint density at radius 3 is 2.68 bits per heavy atom. The van der Waals surface area contributed by atoms with Gasteiger partial charge in [0.2, 0.25) is 0 Å². The Labute approximate surface area is 115 Å². The number of ether oxygens (including phenoxy) is 2. The Morgan fingerprint density at radius 1 is 1.42 bits per heavy atom. The van der Waals surface area contributed by atoms with Crippen LogP contribution in [0.4, 0.5) is 0 Å². The molecule has 0 saturated carbocycles. The number of quaternary nitrogens is 1. The lowest BCUT2D eigenvalue weighted by molar-refractivity contribution is -0.905. The molecule has 4 nitrogen and oxygen atoms in total. The summed E-state index contributed by atoms with van der Waals surface area (Å²) in [5, 5.41) is 0. The third-order valence-corrected chi connectivity index (χ3v) is 3.52. The molecule has 0 fully saturated rings. The molecular formula is C15H24NO3+. The Bertz CT molecular complexity index is 446. The van der Waals surface area contributed by atoms with Gasteiger partial charge in [0.25, 0.3) is 6.23 Å². The molecule has 19 heavy (non-hydrogen) atoms. The summed E-state index contributed by atoms with van der Waals surface area (Å²) in [6, 6.07) is 0. The van der Waals surface area contributed by atoms with Crippen LogP contribution in [-0.4, -0.2) is 32.7 Å². The van der Waals surface area contributed by atoms with Crippen LogP contribution in [0.1, 0.15) is 33.6 Å². The summed E-state index contributed by atoms with van der Waals surface area (Å²) in [5.74, 6) is 1.75. The van der Waals surface area contributed by atoms with Crippen LogP contribution in [0.15, 0.2) is 23.2 Å². The van der Waals surface area contributed by atoms with Crippen LogP contribution in [0.25, 0.3) is 0 Å². The topological polar surface area (TPSA) is 40.0 Å². The summed E-state index contributed by atoms with van der Waals surface area (Å²) in [4.78, 5) is 13.4. The highest BCUT2D eigenvalue weighted by molar-refractivity contribution is 6.00. The molecule has 1 heterocycles. The van der Waals surface area contributed by atoms with E-state index in [0.717, 1.165) is 22.8 Å². The molecule has 0 aromatic carbocycles. The Kier molecular flexibility index (Phi) is 3.72. The van der Waals surface area contributed by atoms with Crippen LogP contribution in [0.2, 0.25) is 0 Å². The van der Waals surface area contributed by atoms with Gasteiger partial charge in [-0.05, 0) is 12.3 Å². The van der Waals surface area contributed by atoms with Crippen LogP contribution in [0.5, 0.6) is 0 Å². The summed E-state index contributed by atoms with van der Waals surface area (Å²) in [7, 11) is 4.05. The number of ketones is 1. The molecule has 2 aliphatic rings. The van der Waals surface area contributed by atoms with Crippen LogP contribution in [-0.2, 0) is 14.3 Å². The molecule has 1 atom stereocenters. The fourth-order valence-corrected chi connectivity index (χ4v) is 2.65. The smallest absolute Gasteiger partial charge is 0.289 e. The molecule has 0 amide bonds. The van der Waals surface area contributed by atoms with Gasteiger partial charge in [-0.1, -0.05) is 13.8 Å². The first-order valence-electron chi connectivity index (χ1n) is 6.91. The van der Waals surface area contributed by atoms with Crippen LogP contribution in [0.3, 0.4) is 0 Å². The summed E-state index contributed by atoms with van der Waals surface area (Å²) in [6.07, 6.45) is 3.12. The number of allylic oxidation sites excluding steroid dienone is 3. The number of rotatable bonds is 3. The third-order valence-electron chi connectivity index (χ3n) is 3.52. The lowest BCUT2D eigenvalue weighted by atomic mass is 9.76. The number of hydrogen-bond donors (Lipinski definition) is 1. The van der Waals surface area contributed by atoms with Crippen LogP contribution >= 0.6 is 0 Å². The van der Waals surface area contributed by atoms with Gasteiger partial charge in [-0.2, -0.15) is 0 Å². The first kappa shape index (κ1) is 14.1. The van der Waals surface area contributed by atoms with E-state index in [2.05, 4.69) is 13.8 Å². The zero-order valence-electron chi connectivity index (χ0n) is 12.5. The molecule has 0 spiro atoms. The van der Waals surface area contributed by atoms with Gasteiger partial charge >= 0.3 is 0 Å². The van der Waals surface area contributed by atoms with E-state index in [1.807, 2.05) is 27.1 Å². The van der Waals surface area contributed by atoms with Crippen molar-refractivity contribution in [2.75, 3.05) is 20.7 Å². The van der Waals surface area contributed by atoms with E-state index in [0.29, 0.717) is 18.6 Å². The maximum atomic E-state index is 12.2. The molecule has 0 saturated heterocycles. The molecule has 0 aromatic heterocycles. The van der Waals surface area contributed by atoms with E-state index < -0.39 is 0 Å². The first-order chi connectivity index (χ1) is 8.84. The molecule has 106 valence electrons. The summed E-state index contributed by atoms with van der Waals surface area (Å²) in [5.41, 5.74) is 0.694. The standard InChI is InChI=1S/C15H23NO3/c1-6-18-12-7-10-11(17)8-15(2,3)9-13(10)19-14(12)16(4)5/h7,14H,6,8-9H2,1-5H3/p+1/t14-/m0/s1. The molecule has 0 aromatic rings. The van der Waals surface area contributed by atoms with E-state index in [1.54, 1.807) is 0 Å². The van der Waals surface area contributed by atoms with Gasteiger partial charge in [-0.25, -0.2) is 0 Å². The van der Waals surface area contributed by atoms with Crippen molar-refractivity contribution in [1.29, 1.82) is 0 Å². The molecule has 0 radical (unpaired) electrons. The molecular weight excluding hydrogens is 242 g/mol. The van der Waals surface area contributed by atoms with Gasteiger partial charge in [0, 0.05) is 18.9 Å². The van der Waals surface area contributed by atoms with Crippen molar-refractivity contribution in [2.24, 2.45) is 5.41 Å². The second kappa shape index (κ2) is 5.00. The number of hydrogen-bond acceptors (Lipinski definition) is 3. The summed E-state index contributed by atoms with van der Waals surface area (Å²) in [6.45, 7) is 6.74. The van der Waals surface area contributed by atoms with Crippen molar-refractivity contribution in [3.63, 3.8) is 0 Å². The van der Waals surface area contributed by atoms with Gasteiger partial charge in [-0.3, -0.25) is 9.69 Å². The van der Waals surface area contributed by atoms with Crippen molar-refractivity contribution >= 4 is 5.78 Å². The largest absolute Gasteiger partial charge is 0.489 e. The predicted octanol–water partition coefficient (Wildman–Crippen LogP) is 1.05. The minimum atomic E-state index is -0.152. The molecule has 1 N–H and O–H groups in total.